The number of hydrogen-bond acceptors (Lipinski definition) is 4. The van der Waals surface area contributed by atoms with Gasteiger partial charge in [0.05, 0.1) is 12.2 Å². The summed E-state index contributed by atoms with van der Waals surface area (Å²) in [6.07, 6.45) is -0.0722. The van der Waals surface area contributed by atoms with E-state index in [-0.39, 0.29) is 11.7 Å². The van der Waals surface area contributed by atoms with Gasteiger partial charge in [-0.3, -0.25) is 0 Å². The van der Waals surface area contributed by atoms with Gasteiger partial charge < -0.3 is 14.2 Å². The molecule has 2 atom stereocenters. The smallest absolute Gasteiger partial charge is 0.430 e. The monoisotopic (exact) mass is 244 g/mol. The van der Waals surface area contributed by atoms with Crippen LogP contribution in [0.5, 0.6) is 0 Å². The van der Waals surface area contributed by atoms with Crippen LogP contribution in [0.1, 0.15) is 41.0 Å². The standard InChI is InChI=1S/C13H24O4/c1-9(2)10(3)7-16-13(4,5)6-11-8-15-12(14)17-11/h9-11H,6-8H2,1-5H3. The largest absolute Gasteiger partial charge is 0.508 e. The average molecular weight is 244 g/mol. The molecule has 0 aromatic carbocycles. The SMILES string of the molecule is CC(C)C(C)COC(C)(C)CC1COC(=O)O1. The Morgan fingerprint density at radius 2 is 2.06 bits per heavy atom. The van der Waals surface area contributed by atoms with Crippen LogP contribution in [0, 0.1) is 11.8 Å². The van der Waals surface area contributed by atoms with Gasteiger partial charge >= 0.3 is 6.16 Å². The first-order valence-corrected chi connectivity index (χ1v) is 6.27. The lowest BCUT2D eigenvalue weighted by Crippen LogP contribution is -2.33. The first kappa shape index (κ1) is 14.3. The van der Waals surface area contributed by atoms with Gasteiger partial charge in [-0.15, -0.1) is 0 Å². The molecule has 17 heavy (non-hydrogen) atoms. The summed E-state index contributed by atoms with van der Waals surface area (Å²) in [5.74, 6) is 1.13. The van der Waals surface area contributed by atoms with E-state index < -0.39 is 6.16 Å². The van der Waals surface area contributed by atoms with Gasteiger partial charge in [-0.1, -0.05) is 20.8 Å². The van der Waals surface area contributed by atoms with Crippen molar-refractivity contribution < 1.29 is 19.0 Å². The fourth-order valence-electron chi connectivity index (χ4n) is 1.62. The molecule has 0 aromatic heterocycles. The highest BCUT2D eigenvalue weighted by Gasteiger charge is 2.32. The Balaban J connectivity index is 2.32. The average Bonchev–Trinajstić information content (AvgIpc) is 2.59. The Hall–Kier alpha value is -0.770. The zero-order valence-electron chi connectivity index (χ0n) is 11.5. The molecule has 0 saturated carbocycles. The Labute approximate surface area is 104 Å². The van der Waals surface area contributed by atoms with Crippen LogP contribution < -0.4 is 0 Å². The van der Waals surface area contributed by atoms with Crippen LogP contribution in [0.15, 0.2) is 0 Å². The van der Waals surface area contributed by atoms with Crippen molar-refractivity contribution in [3.63, 3.8) is 0 Å². The predicted octanol–water partition coefficient (Wildman–Crippen LogP) is 3.00. The van der Waals surface area contributed by atoms with Crippen LogP contribution >= 0.6 is 0 Å². The maximum absolute atomic E-state index is 10.8. The van der Waals surface area contributed by atoms with Gasteiger partial charge in [0.25, 0.3) is 0 Å². The van der Waals surface area contributed by atoms with E-state index in [2.05, 4.69) is 20.8 Å². The molecule has 0 aromatic rings. The van der Waals surface area contributed by atoms with Crippen molar-refractivity contribution in [3.8, 4) is 0 Å². The van der Waals surface area contributed by atoms with Crippen LogP contribution in [-0.4, -0.2) is 31.1 Å². The molecule has 1 fully saturated rings. The van der Waals surface area contributed by atoms with Crippen LogP contribution in [0.3, 0.4) is 0 Å². The topological polar surface area (TPSA) is 44.8 Å². The molecule has 0 radical (unpaired) electrons. The van der Waals surface area contributed by atoms with E-state index in [0.717, 1.165) is 6.61 Å². The van der Waals surface area contributed by atoms with Gasteiger partial charge in [-0.25, -0.2) is 4.79 Å². The Kier molecular flexibility index (Phi) is 4.80. The Morgan fingerprint density at radius 3 is 2.53 bits per heavy atom. The lowest BCUT2D eigenvalue weighted by molar-refractivity contribution is -0.0615. The van der Waals surface area contributed by atoms with Gasteiger partial charge in [0.2, 0.25) is 0 Å². The van der Waals surface area contributed by atoms with Gasteiger partial charge in [-0.2, -0.15) is 0 Å². The molecule has 0 N–H and O–H groups in total. The quantitative estimate of drug-likeness (QED) is 0.674. The molecule has 1 saturated heterocycles. The number of rotatable bonds is 6. The number of ether oxygens (including phenoxy) is 3. The Morgan fingerprint density at radius 1 is 1.41 bits per heavy atom. The molecule has 4 heteroatoms. The molecule has 1 aliphatic rings. The second kappa shape index (κ2) is 5.71. The zero-order valence-corrected chi connectivity index (χ0v) is 11.5. The molecule has 2 unspecified atom stereocenters. The fourth-order valence-corrected chi connectivity index (χ4v) is 1.62. The summed E-state index contributed by atoms with van der Waals surface area (Å²) in [5, 5.41) is 0. The molecular weight excluding hydrogens is 220 g/mol. The van der Waals surface area contributed by atoms with Crippen molar-refractivity contribution in [3.05, 3.63) is 0 Å². The first-order valence-electron chi connectivity index (χ1n) is 6.27. The highest BCUT2D eigenvalue weighted by Crippen LogP contribution is 2.23. The molecule has 0 amide bonds. The van der Waals surface area contributed by atoms with Crippen molar-refractivity contribution >= 4 is 6.16 Å². The molecule has 1 rings (SSSR count). The summed E-state index contributed by atoms with van der Waals surface area (Å²) < 4.78 is 15.7. The van der Waals surface area contributed by atoms with E-state index in [9.17, 15) is 4.79 Å². The second-order valence-corrected chi connectivity index (χ2v) is 5.80. The summed E-state index contributed by atoms with van der Waals surface area (Å²) in [6, 6.07) is 0. The number of cyclic esters (lactones) is 2. The van der Waals surface area contributed by atoms with Crippen molar-refractivity contribution in [1.29, 1.82) is 0 Å². The molecule has 0 aliphatic carbocycles. The van der Waals surface area contributed by atoms with Crippen molar-refractivity contribution in [2.75, 3.05) is 13.2 Å². The minimum absolute atomic E-state index is 0.174. The van der Waals surface area contributed by atoms with Gasteiger partial charge in [0, 0.05) is 6.42 Å². The minimum Gasteiger partial charge on any atom is -0.430 e. The molecule has 0 bridgehead atoms. The third-order valence-electron chi connectivity index (χ3n) is 3.24. The van der Waals surface area contributed by atoms with Gasteiger partial charge in [0.1, 0.15) is 12.7 Å². The van der Waals surface area contributed by atoms with E-state index >= 15 is 0 Å². The van der Waals surface area contributed by atoms with E-state index in [1.165, 1.54) is 0 Å². The number of hydrogen-bond donors (Lipinski definition) is 0. The minimum atomic E-state index is -0.568. The third-order valence-corrected chi connectivity index (χ3v) is 3.24. The maximum atomic E-state index is 10.8. The van der Waals surface area contributed by atoms with E-state index in [0.29, 0.717) is 24.9 Å². The van der Waals surface area contributed by atoms with Crippen LogP contribution in [0.25, 0.3) is 0 Å². The van der Waals surface area contributed by atoms with Crippen molar-refractivity contribution in [1.82, 2.24) is 0 Å². The molecule has 100 valence electrons. The number of carbonyl (C=O) groups is 1. The summed E-state index contributed by atoms with van der Waals surface area (Å²) in [5.41, 5.74) is -0.290. The summed E-state index contributed by atoms with van der Waals surface area (Å²) in [7, 11) is 0. The van der Waals surface area contributed by atoms with E-state index in [1.807, 2.05) is 13.8 Å². The summed E-state index contributed by atoms with van der Waals surface area (Å²) >= 11 is 0. The molecule has 4 nitrogen and oxygen atoms in total. The van der Waals surface area contributed by atoms with E-state index in [1.54, 1.807) is 0 Å². The highest BCUT2D eigenvalue weighted by molar-refractivity contribution is 5.61. The number of carbonyl (C=O) groups excluding carboxylic acids is 1. The lowest BCUT2D eigenvalue weighted by Gasteiger charge is -2.29. The Bertz CT molecular complexity index is 260. The fraction of sp³-hybridized carbons (Fsp3) is 0.923. The van der Waals surface area contributed by atoms with Crippen LogP contribution in [0.2, 0.25) is 0 Å². The van der Waals surface area contributed by atoms with Crippen molar-refractivity contribution in [2.24, 2.45) is 11.8 Å². The first-order chi connectivity index (χ1) is 7.80. The zero-order chi connectivity index (χ0) is 13.1. The molecular formula is C13H24O4. The molecule has 1 heterocycles. The normalized spacial score (nSPS) is 22.5. The lowest BCUT2D eigenvalue weighted by atomic mass is 9.97. The second-order valence-electron chi connectivity index (χ2n) is 5.80. The summed E-state index contributed by atoms with van der Waals surface area (Å²) in [6.45, 7) is 11.7. The maximum Gasteiger partial charge on any atom is 0.508 e. The summed E-state index contributed by atoms with van der Waals surface area (Å²) in [4.78, 5) is 10.8. The van der Waals surface area contributed by atoms with Crippen molar-refractivity contribution in [2.45, 2.75) is 52.7 Å². The van der Waals surface area contributed by atoms with Crippen LogP contribution in [0.4, 0.5) is 4.79 Å². The highest BCUT2D eigenvalue weighted by atomic mass is 16.8. The third kappa shape index (κ3) is 4.94. The molecule has 0 spiro atoms. The van der Waals surface area contributed by atoms with Gasteiger partial charge in [-0.05, 0) is 25.7 Å². The molecule has 1 aliphatic heterocycles. The van der Waals surface area contributed by atoms with E-state index in [4.69, 9.17) is 14.2 Å². The van der Waals surface area contributed by atoms with Crippen LogP contribution in [-0.2, 0) is 14.2 Å². The van der Waals surface area contributed by atoms with Gasteiger partial charge in [0.15, 0.2) is 0 Å². The predicted molar refractivity (Wildman–Crippen MR) is 64.9 cm³/mol.